The van der Waals surface area contributed by atoms with Gasteiger partial charge in [0.2, 0.25) is 0 Å². The Morgan fingerprint density at radius 1 is 0.594 bits per heavy atom. The molecule has 6 rings (SSSR count). The minimum atomic E-state index is 0.704. The van der Waals surface area contributed by atoms with Crippen LogP contribution in [0.2, 0.25) is 5.02 Å². The normalized spacial score (nSPS) is 11.3. The van der Waals surface area contributed by atoms with Gasteiger partial charge in [-0.15, -0.1) is 5.10 Å². The van der Waals surface area contributed by atoms with Gasteiger partial charge >= 0.3 is 0 Å². The van der Waals surface area contributed by atoms with Crippen molar-refractivity contribution in [2.45, 2.75) is 0 Å². The standard InChI is InChI=1S/C28H18ClN3/c29-26-15-14-23(24-11-4-5-12-25(24)26)20-9-6-10-21(17-20)28-30-27-16-13-22(18-32(27)31-28)19-7-2-1-3-8-19/h1-18H. The molecule has 0 saturated carbocycles. The van der Waals surface area contributed by atoms with Gasteiger partial charge in [-0.25, -0.2) is 9.50 Å². The number of benzene rings is 4. The van der Waals surface area contributed by atoms with E-state index < -0.39 is 0 Å². The maximum atomic E-state index is 6.42. The number of halogens is 1. The molecule has 4 heteroatoms. The van der Waals surface area contributed by atoms with Gasteiger partial charge in [0.15, 0.2) is 11.5 Å². The Labute approximate surface area is 190 Å². The number of hydrogen-bond acceptors (Lipinski definition) is 2. The third-order valence-electron chi connectivity index (χ3n) is 5.74. The van der Waals surface area contributed by atoms with E-state index in [0.717, 1.165) is 49.3 Å². The van der Waals surface area contributed by atoms with Crippen LogP contribution in [-0.4, -0.2) is 14.6 Å². The Balaban J connectivity index is 1.44. The lowest BCUT2D eigenvalue weighted by molar-refractivity contribution is 0.967. The smallest absolute Gasteiger partial charge is 0.182 e. The summed E-state index contributed by atoms with van der Waals surface area (Å²) in [7, 11) is 0. The molecule has 2 heterocycles. The first-order chi connectivity index (χ1) is 15.8. The summed E-state index contributed by atoms with van der Waals surface area (Å²) in [6.07, 6.45) is 2.03. The van der Waals surface area contributed by atoms with Crippen LogP contribution in [-0.2, 0) is 0 Å². The first-order valence-electron chi connectivity index (χ1n) is 10.5. The van der Waals surface area contributed by atoms with Gasteiger partial charge in [-0.3, -0.25) is 0 Å². The summed E-state index contributed by atoms with van der Waals surface area (Å²) in [5.41, 5.74) is 6.31. The van der Waals surface area contributed by atoms with Crippen molar-refractivity contribution < 1.29 is 0 Å². The summed E-state index contributed by atoms with van der Waals surface area (Å²) in [5, 5.41) is 7.71. The van der Waals surface area contributed by atoms with Crippen LogP contribution in [0.4, 0.5) is 0 Å². The van der Waals surface area contributed by atoms with Crippen molar-refractivity contribution in [3.63, 3.8) is 0 Å². The Bertz CT molecular complexity index is 1590. The molecule has 0 atom stereocenters. The topological polar surface area (TPSA) is 30.2 Å². The monoisotopic (exact) mass is 431 g/mol. The highest BCUT2D eigenvalue weighted by molar-refractivity contribution is 6.36. The van der Waals surface area contributed by atoms with Crippen molar-refractivity contribution in [1.82, 2.24) is 14.6 Å². The molecule has 0 radical (unpaired) electrons. The summed E-state index contributed by atoms with van der Waals surface area (Å²) in [4.78, 5) is 4.76. The fraction of sp³-hybridized carbons (Fsp3) is 0. The summed E-state index contributed by atoms with van der Waals surface area (Å²) in [5.74, 6) is 0.704. The van der Waals surface area contributed by atoms with E-state index in [4.69, 9.17) is 21.7 Å². The molecule has 0 aliphatic heterocycles. The van der Waals surface area contributed by atoms with Crippen LogP contribution < -0.4 is 0 Å². The van der Waals surface area contributed by atoms with Crippen molar-refractivity contribution in [3.8, 4) is 33.6 Å². The van der Waals surface area contributed by atoms with Crippen LogP contribution in [0.25, 0.3) is 50.1 Å². The predicted octanol–water partition coefficient (Wildman–Crippen LogP) is 7.54. The van der Waals surface area contributed by atoms with Gasteiger partial charge in [0.05, 0.1) is 0 Å². The zero-order valence-corrected chi connectivity index (χ0v) is 17.9. The van der Waals surface area contributed by atoms with Crippen molar-refractivity contribution in [2.75, 3.05) is 0 Å². The molecule has 4 aromatic carbocycles. The molecule has 0 spiro atoms. The molecule has 0 fully saturated rings. The number of nitrogens with zero attached hydrogens (tertiary/aromatic N) is 3. The summed E-state index contributed by atoms with van der Waals surface area (Å²) < 4.78 is 1.85. The van der Waals surface area contributed by atoms with Gasteiger partial charge in [0.1, 0.15) is 0 Å². The Morgan fingerprint density at radius 3 is 2.22 bits per heavy atom. The predicted molar refractivity (Wildman–Crippen MR) is 132 cm³/mol. The average molecular weight is 432 g/mol. The van der Waals surface area contributed by atoms with Crippen molar-refractivity contribution in [1.29, 1.82) is 0 Å². The zero-order valence-electron chi connectivity index (χ0n) is 17.1. The van der Waals surface area contributed by atoms with E-state index >= 15 is 0 Å². The molecule has 0 N–H and O–H groups in total. The third kappa shape index (κ3) is 3.24. The number of pyridine rings is 1. The minimum absolute atomic E-state index is 0.704. The second-order valence-corrected chi connectivity index (χ2v) is 8.15. The quantitative estimate of drug-likeness (QED) is 0.289. The number of rotatable bonds is 3. The van der Waals surface area contributed by atoms with Crippen LogP contribution in [0.5, 0.6) is 0 Å². The molecule has 2 aromatic heterocycles. The number of hydrogen-bond donors (Lipinski definition) is 0. The van der Waals surface area contributed by atoms with Crippen LogP contribution in [0, 0.1) is 0 Å². The first-order valence-corrected chi connectivity index (χ1v) is 10.8. The average Bonchev–Trinajstić information content (AvgIpc) is 3.29. The molecule has 0 aliphatic rings. The van der Waals surface area contributed by atoms with Gasteiger partial charge in [-0.05, 0) is 46.3 Å². The lowest BCUT2D eigenvalue weighted by Gasteiger charge is -2.09. The zero-order chi connectivity index (χ0) is 21.5. The highest BCUT2D eigenvalue weighted by Gasteiger charge is 2.11. The second kappa shape index (κ2) is 7.63. The molecule has 152 valence electrons. The van der Waals surface area contributed by atoms with Crippen LogP contribution in [0.3, 0.4) is 0 Å². The van der Waals surface area contributed by atoms with Crippen molar-refractivity contribution in [3.05, 3.63) is 114 Å². The highest BCUT2D eigenvalue weighted by atomic mass is 35.5. The minimum Gasteiger partial charge on any atom is -0.220 e. The van der Waals surface area contributed by atoms with E-state index in [2.05, 4.69) is 60.7 Å². The lowest BCUT2D eigenvalue weighted by atomic mass is 9.97. The van der Waals surface area contributed by atoms with Gasteiger partial charge < -0.3 is 0 Å². The Hall–Kier alpha value is -3.95. The molecular weight excluding hydrogens is 414 g/mol. The molecule has 6 aromatic rings. The lowest BCUT2D eigenvalue weighted by Crippen LogP contribution is -1.89. The Morgan fingerprint density at radius 2 is 1.34 bits per heavy atom. The largest absolute Gasteiger partial charge is 0.220 e. The van der Waals surface area contributed by atoms with E-state index in [0.29, 0.717) is 5.82 Å². The third-order valence-corrected chi connectivity index (χ3v) is 6.07. The Kier molecular flexibility index (Phi) is 4.48. The number of fused-ring (bicyclic) bond motifs is 2. The molecule has 0 unspecified atom stereocenters. The van der Waals surface area contributed by atoms with Gasteiger partial charge in [-0.2, -0.15) is 0 Å². The van der Waals surface area contributed by atoms with Gasteiger partial charge in [0, 0.05) is 27.7 Å². The van der Waals surface area contributed by atoms with E-state index in [9.17, 15) is 0 Å². The summed E-state index contributed by atoms with van der Waals surface area (Å²) in [6.45, 7) is 0. The van der Waals surface area contributed by atoms with E-state index in [1.54, 1.807) is 0 Å². The molecule has 32 heavy (non-hydrogen) atoms. The van der Waals surface area contributed by atoms with Crippen molar-refractivity contribution >= 4 is 28.0 Å². The number of aromatic nitrogens is 3. The molecule has 0 bridgehead atoms. The first kappa shape index (κ1) is 18.8. The van der Waals surface area contributed by atoms with Gasteiger partial charge in [-0.1, -0.05) is 90.5 Å². The second-order valence-electron chi connectivity index (χ2n) is 7.74. The fourth-order valence-corrected chi connectivity index (χ4v) is 4.37. The maximum Gasteiger partial charge on any atom is 0.182 e. The SMILES string of the molecule is Clc1ccc(-c2cccc(-c3nc4ccc(-c5ccccc5)cn4n3)c2)c2ccccc12. The van der Waals surface area contributed by atoms with E-state index in [1.807, 2.05) is 53.2 Å². The van der Waals surface area contributed by atoms with Crippen LogP contribution in [0.15, 0.2) is 109 Å². The molecule has 0 saturated heterocycles. The van der Waals surface area contributed by atoms with Crippen molar-refractivity contribution in [2.24, 2.45) is 0 Å². The molecule has 3 nitrogen and oxygen atoms in total. The summed E-state index contributed by atoms with van der Waals surface area (Å²) >= 11 is 6.42. The van der Waals surface area contributed by atoms with Crippen LogP contribution >= 0.6 is 11.6 Å². The van der Waals surface area contributed by atoms with Gasteiger partial charge in [0.25, 0.3) is 0 Å². The fourth-order valence-electron chi connectivity index (χ4n) is 4.15. The van der Waals surface area contributed by atoms with Crippen LogP contribution in [0.1, 0.15) is 0 Å². The van der Waals surface area contributed by atoms with E-state index in [-0.39, 0.29) is 0 Å². The molecular formula is C28H18ClN3. The summed E-state index contributed by atoms with van der Waals surface area (Å²) in [6, 6.07) is 35.0. The molecule has 0 amide bonds. The maximum absolute atomic E-state index is 6.42. The highest BCUT2D eigenvalue weighted by Crippen LogP contribution is 2.34. The molecule has 0 aliphatic carbocycles. The van der Waals surface area contributed by atoms with E-state index in [1.165, 1.54) is 0 Å².